The van der Waals surface area contributed by atoms with E-state index < -0.39 is 5.97 Å². The first-order chi connectivity index (χ1) is 7.43. The SMILES string of the molecule is Cc1c(Cl)nnc(Cl)c1C(=O)OCC(C)C. The molecule has 0 bridgehead atoms. The van der Waals surface area contributed by atoms with Gasteiger partial charge in [0.25, 0.3) is 0 Å². The molecule has 4 nitrogen and oxygen atoms in total. The van der Waals surface area contributed by atoms with Gasteiger partial charge in [0.1, 0.15) is 5.56 Å². The van der Waals surface area contributed by atoms with Crippen LogP contribution >= 0.6 is 23.2 Å². The highest BCUT2D eigenvalue weighted by molar-refractivity contribution is 6.34. The Balaban J connectivity index is 2.95. The highest BCUT2D eigenvalue weighted by Crippen LogP contribution is 2.22. The van der Waals surface area contributed by atoms with Crippen molar-refractivity contribution in [1.82, 2.24) is 10.2 Å². The normalized spacial score (nSPS) is 10.6. The average molecular weight is 263 g/mol. The Hall–Kier alpha value is -0.870. The van der Waals surface area contributed by atoms with Crippen LogP contribution in [0.1, 0.15) is 29.8 Å². The van der Waals surface area contributed by atoms with Gasteiger partial charge in [-0.05, 0) is 12.8 Å². The Morgan fingerprint density at radius 3 is 2.44 bits per heavy atom. The summed E-state index contributed by atoms with van der Waals surface area (Å²) in [5.74, 6) is -0.263. The number of ether oxygens (including phenoxy) is 1. The third-order valence-electron chi connectivity index (χ3n) is 1.87. The number of rotatable bonds is 3. The molecule has 16 heavy (non-hydrogen) atoms. The molecule has 0 aliphatic heterocycles. The van der Waals surface area contributed by atoms with Gasteiger partial charge in [0.15, 0.2) is 10.3 Å². The number of halogens is 2. The zero-order valence-electron chi connectivity index (χ0n) is 9.25. The van der Waals surface area contributed by atoms with E-state index >= 15 is 0 Å². The molecular formula is C10H12Cl2N2O2. The van der Waals surface area contributed by atoms with Gasteiger partial charge in [-0.25, -0.2) is 4.79 Å². The van der Waals surface area contributed by atoms with Crippen LogP contribution in [0.3, 0.4) is 0 Å². The van der Waals surface area contributed by atoms with Crippen molar-refractivity contribution in [2.45, 2.75) is 20.8 Å². The molecule has 1 aromatic rings. The van der Waals surface area contributed by atoms with E-state index in [4.69, 9.17) is 27.9 Å². The summed E-state index contributed by atoms with van der Waals surface area (Å²) in [4.78, 5) is 11.7. The minimum Gasteiger partial charge on any atom is -0.462 e. The van der Waals surface area contributed by atoms with Crippen LogP contribution in [0, 0.1) is 12.8 Å². The maximum Gasteiger partial charge on any atom is 0.341 e. The number of nitrogens with zero attached hydrogens (tertiary/aromatic N) is 2. The van der Waals surface area contributed by atoms with Gasteiger partial charge in [-0.15, -0.1) is 10.2 Å². The number of esters is 1. The lowest BCUT2D eigenvalue weighted by molar-refractivity contribution is 0.0457. The first-order valence-corrected chi connectivity index (χ1v) is 5.54. The third kappa shape index (κ3) is 3.06. The van der Waals surface area contributed by atoms with Gasteiger partial charge in [-0.2, -0.15) is 0 Å². The van der Waals surface area contributed by atoms with E-state index in [1.54, 1.807) is 6.92 Å². The second kappa shape index (κ2) is 5.46. The van der Waals surface area contributed by atoms with E-state index in [1.165, 1.54) is 0 Å². The monoisotopic (exact) mass is 262 g/mol. The summed E-state index contributed by atoms with van der Waals surface area (Å²) in [5.41, 5.74) is 0.665. The van der Waals surface area contributed by atoms with Gasteiger partial charge >= 0.3 is 5.97 Å². The Kier molecular flexibility index (Phi) is 4.50. The number of hydrogen-bond donors (Lipinski definition) is 0. The molecule has 0 saturated carbocycles. The van der Waals surface area contributed by atoms with Crippen molar-refractivity contribution in [3.63, 3.8) is 0 Å². The van der Waals surface area contributed by atoms with Crippen LogP contribution in [0.5, 0.6) is 0 Å². The fraction of sp³-hybridized carbons (Fsp3) is 0.500. The van der Waals surface area contributed by atoms with Crippen LogP contribution in [0.15, 0.2) is 0 Å². The summed E-state index contributed by atoms with van der Waals surface area (Å²) in [5, 5.41) is 7.33. The Labute approximate surface area is 104 Å². The van der Waals surface area contributed by atoms with Crippen molar-refractivity contribution in [2.75, 3.05) is 6.61 Å². The van der Waals surface area contributed by atoms with E-state index in [-0.39, 0.29) is 21.8 Å². The lowest BCUT2D eigenvalue weighted by Gasteiger charge is -2.09. The summed E-state index contributed by atoms with van der Waals surface area (Å²) < 4.78 is 5.06. The van der Waals surface area contributed by atoms with Gasteiger partial charge in [-0.3, -0.25) is 0 Å². The van der Waals surface area contributed by atoms with E-state index in [2.05, 4.69) is 10.2 Å². The molecular weight excluding hydrogens is 251 g/mol. The summed E-state index contributed by atoms with van der Waals surface area (Å²) in [6.45, 7) is 5.86. The summed E-state index contributed by atoms with van der Waals surface area (Å²) >= 11 is 11.5. The predicted molar refractivity (Wildman–Crippen MR) is 61.9 cm³/mol. The number of aromatic nitrogens is 2. The zero-order chi connectivity index (χ0) is 12.3. The first kappa shape index (κ1) is 13.2. The Morgan fingerprint density at radius 1 is 1.31 bits per heavy atom. The second-order valence-electron chi connectivity index (χ2n) is 3.77. The highest BCUT2D eigenvalue weighted by atomic mass is 35.5. The standard InChI is InChI=1S/C10H12Cl2N2O2/c1-5(2)4-16-10(15)7-6(3)8(11)13-14-9(7)12/h5H,4H2,1-3H3. The van der Waals surface area contributed by atoms with Gasteiger partial charge in [-0.1, -0.05) is 37.0 Å². The van der Waals surface area contributed by atoms with Crippen LogP contribution in [-0.4, -0.2) is 22.8 Å². The topological polar surface area (TPSA) is 52.1 Å². The minimum atomic E-state index is -0.520. The molecule has 0 spiro atoms. The fourth-order valence-corrected chi connectivity index (χ4v) is 1.41. The molecule has 0 saturated heterocycles. The first-order valence-electron chi connectivity index (χ1n) is 4.79. The lowest BCUT2D eigenvalue weighted by atomic mass is 10.2. The molecule has 0 radical (unpaired) electrons. The molecule has 0 aliphatic carbocycles. The summed E-state index contributed by atoms with van der Waals surface area (Å²) in [7, 11) is 0. The van der Waals surface area contributed by atoms with Crippen LogP contribution in [-0.2, 0) is 4.74 Å². The molecule has 0 N–H and O–H groups in total. The molecule has 0 aliphatic rings. The fourth-order valence-electron chi connectivity index (χ4n) is 1.02. The molecule has 1 aromatic heterocycles. The second-order valence-corrected chi connectivity index (χ2v) is 4.49. The van der Waals surface area contributed by atoms with Gasteiger partial charge in [0.05, 0.1) is 6.61 Å². The van der Waals surface area contributed by atoms with E-state index in [9.17, 15) is 4.79 Å². The molecule has 0 amide bonds. The maximum atomic E-state index is 11.7. The molecule has 88 valence electrons. The minimum absolute atomic E-state index is 0.00987. The average Bonchev–Trinajstić information content (AvgIpc) is 2.21. The van der Waals surface area contributed by atoms with Crippen LogP contribution in [0.2, 0.25) is 10.3 Å². The quantitative estimate of drug-likeness (QED) is 0.787. The third-order valence-corrected chi connectivity index (χ3v) is 2.49. The molecule has 0 aromatic carbocycles. The molecule has 0 fully saturated rings. The van der Waals surface area contributed by atoms with E-state index in [0.717, 1.165) is 0 Å². The Bertz CT molecular complexity index is 408. The van der Waals surface area contributed by atoms with E-state index in [0.29, 0.717) is 12.2 Å². The van der Waals surface area contributed by atoms with Crippen molar-refractivity contribution in [1.29, 1.82) is 0 Å². The molecule has 1 rings (SSSR count). The van der Waals surface area contributed by atoms with Crippen molar-refractivity contribution < 1.29 is 9.53 Å². The van der Waals surface area contributed by atoms with Gasteiger partial charge in [0, 0.05) is 5.56 Å². The van der Waals surface area contributed by atoms with Gasteiger partial charge in [0.2, 0.25) is 0 Å². The van der Waals surface area contributed by atoms with Crippen LogP contribution in [0.25, 0.3) is 0 Å². The summed E-state index contributed by atoms with van der Waals surface area (Å²) in [6, 6.07) is 0. The smallest absolute Gasteiger partial charge is 0.341 e. The number of hydrogen-bond acceptors (Lipinski definition) is 4. The molecule has 0 atom stereocenters. The van der Waals surface area contributed by atoms with Crippen molar-refractivity contribution in [3.8, 4) is 0 Å². The molecule has 6 heteroatoms. The van der Waals surface area contributed by atoms with Crippen molar-refractivity contribution >= 4 is 29.2 Å². The van der Waals surface area contributed by atoms with Crippen molar-refractivity contribution in [2.24, 2.45) is 5.92 Å². The van der Waals surface area contributed by atoms with Crippen molar-refractivity contribution in [3.05, 3.63) is 21.4 Å². The maximum absolute atomic E-state index is 11.7. The molecule has 0 unspecified atom stereocenters. The lowest BCUT2D eigenvalue weighted by Crippen LogP contribution is -2.13. The van der Waals surface area contributed by atoms with Crippen LogP contribution < -0.4 is 0 Å². The Morgan fingerprint density at radius 2 is 1.88 bits per heavy atom. The zero-order valence-corrected chi connectivity index (χ0v) is 10.8. The van der Waals surface area contributed by atoms with Crippen LogP contribution in [0.4, 0.5) is 0 Å². The summed E-state index contributed by atoms with van der Waals surface area (Å²) in [6.07, 6.45) is 0. The highest BCUT2D eigenvalue weighted by Gasteiger charge is 2.19. The molecule has 1 heterocycles. The largest absolute Gasteiger partial charge is 0.462 e. The number of carbonyl (C=O) groups excluding carboxylic acids is 1. The predicted octanol–water partition coefficient (Wildman–Crippen LogP) is 2.90. The number of carbonyl (C=O) groups is 1. The van der Waals surface area contributed by atoms with Gasteiger partial charge < -0.3 is 4.74 Å². The van der Waals surface area contributed by atoms with E-state index in [1.807, 2.05) is 13.8 Å².